The number of unbranched alkanes of at least 4 members (excludes halogenated alkanes) is 12. The quantitative estimate of drug-likeness (QED) is 0.0150. The molecule has 0 bridgehead atoms. The molecule has 0 rings (SSSR count). The second kappa shape index (κ2) is 39.6. The van der Waals surface area contributed by atoms with Gasteiger partial charge in [-0.1, -0.05) is 144 Å². The second-order valence-corrected chi connectivity index (χ2v) is 17.1. The fraction of sp³-hybridized carbons (Fsp3) is 0.667. The molecule has 0 N–H and O–H groups in total. The molecule has 0 aromatic rings. The van der Waals surface area contributed by atoms with Gasteiger partial charge in [0.1, 0.15) is 19.8 Å². The smallest absolute Gasteiger partial charge is 0.306 e. The van der Waals surface area contributed by atoms with Crippen molar-refractivity contribution in [1.82, 2.24) is 0 Å². The molecule has 2 atom stereocenters. The Bertz CT molecular complexity index is 1260. The highest BCUT2D eigenvalue weighted by Crippen LogP contribution is 2.38. The van der Waals surface area contributed by atoms with Gasteiger partial charge >= 0.3 is 11.9 Å². The van der Waals surface area contributed by atoms with E-state index in [-0.39, 0.29) is 26.1 Å². The monoisotopic (exact) mass is 832 g/mol. The summed E-state index contributed by atoms with van der Waals surface area (Å²) in [5.41, 5.74) is 0. The Morgan fingerprint density at radius 2 is 1.03 bits per heavy atom. The second-order valence-electron chi connectivity index (χ2n) is 15.7. The average Bonchev–Trinajstić information content (AvgIpc) is 3.17. The van der Waals surface area contributed by atoms with Gasteiger partial charge in [-0.25, -0.2) is 0 Å². The predicted molar refractivity (Wildman–Crippen MR) is 240 cm³/mol. The molecule has 0 aliphatic heterocycles. The molecule has 0 amide bonds. The third-order valence-corrected chi connectivity index (χ3v) is 9.89. The summed E-state index contributed by atoms with van der Waals surface area (Å²) in [4.78, 5) is 37.5. The lowest BCUT2D eigenvalue weighted by atomic mass is 10.1. The van der Waals surface area contributed by atoms with Crippen LogP contribution < -0.4 is 4.89 Å². The molecule has 0 aromatic carbocycles. The number of esters is 2. The summed E-state index contributed by atoms with van der Waals surface area (Å²) in [5, 5.41) is 0. The maximum absolute atomic E-state index is 12.7. The van der Waals surface area contributed by atoms with Gasteiger partial charge in [0.05, 0.1) is 27.7 Å². The van der Waals surface area contributed by atoms with Crippen LogP contribution in [0, 0.1) is 0 Å². The first-order valence-corrected chi connectivity index (χ1v) is 23.8. The molecule has 58 heavy (non-hydrogen) atoms. The van der Waals surface area contributed by atoms with Gasteiger partial charge in [-0.3, -0.25) is 14.2 Å². The van der Waals surface area contributed by atoms with Crippen LogP contribution in [-0.4, -0.2) is 70.0 Å². The van der Waals surface area contributed by atoms with Crippen molar-refractivity contribution in [2.24, 2.45) is 0 Å². The van der Waals surface area contributed by atoms with Crippen LogP contribution in [0.2, 0.25) is 0 Å². The molecule has 332 valence electrons. The Morgan fingerprint density at radius 1 is 0.569 bits per heavy atom. The van der Waals surface area contributed by atoms with Gasteiger partial charge < -0.3 is 27.9 Å². The van der Waals surface area contributed by atoms with Crippen LogP contribution >= 0.6 is 7.82 Å². The fourth-order valence-corrected chi connectivity index (χ4v) is 6.16. The van der Waals surface area contributed by atoms with Crippen LogP contribution in [0.25, 0.3) is 0 Å². The van der Waals surface area contributed by atoms with Crippen molar-refractivity contribution in [2.45, 2.75) is 161 Å². The summed E-state index contributed by atoms with van der Waals surface area (Å²) in [6, 6.07) is 0. The third-order valence-electron chi connectivity index (χ3n) is 8.93. The summed E-state index contributed by atoms with van der Waals surface area (Å²) in [6.07, 6.45) is 50.3. The zero-order valence-corrected chi connectivity index (χ0v) is 38.1. The van der Waals surface area contributed by atoms with Crippen molar-refractivity contribution < 1.29 is 42.1 Å². The lowest BCUT2D eigenvalue weighted by molar-refractivity contribution is -0.870. The minimum atomic E-state index is -4.64. The number of allylic oxidation sites excluding steroid dienone is 14. The summed E-state index contributed by atoms with van der Waals surface area (Å²) in [7, 11) is 1.12. The maximum atomic E-state index is 12.7. The SMILES string of the molecule is CC/C=C/C/C=C/C/C=C/C/C=C/C/C=C/CCCCCC(=O)O[C@H](COC(=O)CCCCCCC/C=C/C=C/CCCCCC)COP(=O)([O-])OCC[N+](C)(C)C. The highest BCUT2D eigenvalue weighted by Gasteiger charge is 2.21. The standard InChI is InChI=1S/C48H82NO8P/c1-6-8-10-12-14-16-18-20-22-23-24-25-27-29-31-33-35-37-39-41-48(51)57-46(45-56-58(52,53)55-43-42-49(3,4)5)44-54-47(50)40-38-36-34-32-30-28-26-21-19-17-15-13-11-9-7-2/h8,10,14,16-17,19-22,24-26,29,31,46H,6-7,9,11-13,15,18,23,27-28,30,32-45H2,1-5H3/b10-8+,16-14+,19-17+,22-20+,25-24+,26-21+,31-29+/t46-/m1/s1. The van der Waals surface area contributed by atoms with Crippen LogP contribution in [0.15, 0.2) is 85.1 Å². The molecule has 9 nitrogen and oxygen atoms in total. The summed E-state index contributed by atoms with van der Waals surface area (Å²) >= 11 is 0. The largest absolute Gasteiger partial charge is 0.756 e. The molecule has 0 heterocycles. The summed E-state index contributed by atoms with van der Waals surface area (Å²) < 4.78 is 33.9. The Labute approximate surface area is 354 Å². The van der Waals surface area contributed by atoms with Gasteiger partial charge in [0.25, 0.3) is 7.82 Å². The first-order chi connectivity index (χ1) is 28.0. The molecule has 0 fully saturated rings. The van der Waals surface area contributed by atoms with E-state index in [4.69, 9.17) is 18.5 Å². The van der Waals surface area contributed by atoms with Crippen LogP contribution in [0.3, 0.4) is 0 Å². The highest BCUT2D eigenvalue weighted by molar-refractivity contribution is 7.45. The van der Waals surface area contributed by atoms with Crippen molar-refractivity contribution in [2.75, 3.05) is 47.5 Å². The van der Waals surface area contributed by atoms with Gasteiger partial charge in [-0.15, -0.1) is 0 Å². The number of nitrogens with zero attached hydrogens (tertiary/aromatic N) is 1. The third kappa shape index (κ3) is 42.8. The predicted octanol–water partition coefficient (Wildman–Crippen LogP) is 12.2. The maximum Gasteiger partial charge on any atom is 0.306 e. The molecule has 0 aromatic heterocycles. The first kappa shape index (κ1) is 55.2. The van der Waals surface area contributed by atoms with Crippen molar-refractivity contribution in [3.8, 4) is 0 Å². The molecule has 0 saturated carbocycles. The molecular weight excluding hydrogens is 750 g/mol. The number of carbonyl (C=O) groups is 2. The van der Waals surface area contributed by atoms with E-state index in [1.54, 1.807) is 0 Å². The Morgan fingerprint density at radius 3 is 1.59 bits per heavy atom. The number of ether oxygens (including phenoxy) is 2. The number of phosphoric ester groups is 1. The van der Waals surface area contributed by atoms with Gasteiger partial charge in [0, 0.05) is 12.8 Å². The van der Waals surface area contributed by atoms with Crippen molar-refractivity contribution in [3.05, 3.63) is 85.1 Å². The van der Waals surface area contributed by atoms with Gasteiger partial charge in [-0.05, 0) is 83.5 Å². The Kier molecular flexibility index (Phi) is 37.7. The van der Waals surface area contributed by atoms with E-state index in [0.717, 1.165) is 89.9 Å². The van der Waals surface area contributed by atoms with E-state index < -0.39 is 32.5 Å². The minimum Gasteiger partial charge on any atom is -0.756 e. The lowest BCUT2D eigenvalue weighted by Crippen LogP contribution is -2.37. The topological polar surface area (TPSA) is 111 Å². The fourth-order valence-electron chi connectivity index (χ4n) is 5.43. The van der Waals surface area contributed by atoms with E-state index in [1.165, 1.54) is 25.7 Å². The molecule has 0 aliphatic carbocycles. The minimum absolute atomic E-state index is 0.0450. The molecule has 0 aliphatic rings. The van der Waals surface area contributed by atoms with Crippen molar-refractivity contribution >= 4 is 19.8 Å². The molecule has 1 unspecified atom stereocenters. The van der Waals surface area contributed by atoms with E-state index in [9.17, 15) is 19.0 Å². The van der Waals surface area contributed by atoms with Crippen molar-refractivity contribution in [3.63, 3.8) is 0 Å². The molecule has 10 heteroatoms. The summed E-state index contributed by atoms with van der Waals surface area (Å²) in [6.45, 7) is 4.01. The lowest BCUT2D eigenvalue weighted by Gasteiger charge is -2.28. The van der Waals surface area contributed by atoms with E-state index >= 15 is 0 Å². The number of phosphoric acid groups is 1. The van der Waals surface area contributed by atoms with Crippen LogP contribution in [-0.2, 0) is 32.7 Å². The zero-order valence-electron chi connectivity index (χ0n) is 37.2. The zero-order chi connectivity index (χ0) is 42.8. The number of rotatable bonds is 39. The Balaban J connectivity index is 4.47. The number of quaternary nitrogens is 1. The van der Waals surface area contributed by atoms with Gasteiger partial charge in [0.15, 0.2) is 6.10 Å². The normalized spacial score (nSPS) is 14.4. The van der Waals surface area contributed by atoms with Gasteiger partial charge in [-0.2, -0.15) is 0 Å². The van der Waals surface area contributed by atoms with Crippen LogP contribution in [0.4, 0.5) is 0 Å². The summed E-state index contributed by atoms with van der Waals surface area (Å²) in [5.74, 6) is -0.899. The molecule has 0 radical (unpaired) electrons. The number of carbonyl (C=O) groups excluding carboxylic acids is 2. The molecule has 0 saturated heterocycles. The highest BCUT2D eigenvalue weighted by atomic mass is 31.2. The van der Waals surface area contributed by atoms with Gasteiger partial charge in [0.2, 0.25) is 0 Å². The molecular formula is C48H82NO8P. The van der Waals surface area contributed by atoms with Crippen LogP contribution in [0.5, 0.6) is 0 Å². The first-order valence-electron chi connectivity index (χ1n) is 22.3. The van der Waals surface area contributed by atoms with E-state index in [1.807, 2.05) is 21.1 Å². The average molecular weight is 832 g/mol. The van der Waals surface area contributed by atoms with Crippen LogP contribution in [0.1, 0.15) is 155 Å². The number of hydrogen-bond acceptors (Lipinski definition) is 8. The van der Waals surface area contributed by atoms with E-state index in [0.29, 0.717) is 23.9 Å². The van der Waals surface area contributed by atoms with Crippen molar-refractivity contribution in [1.29, 1.82) is 0 Å². The number of likely N-dealkylation sites (N-methyl/N-ethyl adjacent to an activating group) is 1. The van der Waals surface area contributed by atoms with E-state index in [2.05, 4.69) is 98.9 Å². The Hall–Kier alpha value is -2.81. The molecule has 0 spiro atoms. The number of hydrogen-bond donors (Lipinski definition) is 0.